The smallest absolute Gasteiger partial charge is 0.224 e. The molecule has 1 aliphatic heterocycles. The summed E-state index contributed by atoms with van der Waals surface area (Å²) in [6.45, 7) is 4.32. The molecule has 1 saturated heterocycles. The molecule has 0 spiro atoms. The Morgan fingerprint density at radius 2 is 2.12 bits per heavy atom. The number of rotatable bonds is 4. The van der Waals surface area contributed by atoms with Crippen LogP contribution in [0, 0.1) is 5.92 Å². The van der Waals surface area contributed by atoms with Gasteiger partial charge in [0.1, 0.15) is 0 Å². The van der Waals surface area contributed by atoms with E-state index in [1.54, 1.807) is 0 Å². The molecule has 2 fully saturated rings. The van der Waals surface area contributed by atoms with Crippen molar-refractivity contribution in [1.29, 1.82) is 0 Å². The Balaban J connectivity index is 1.62. The molecular formula is C21H28N4O. The van der Waals surface area contributed by atoms with Gasteiger partial charge in [-0.1, -0.05) is 25.1 Å². The molecule has 1 aliphatic carbocycles. The van der Waals surface area contributed by atoms with Gasteiger partial charge in [-0.15, -0.1) is 0 Å². The number of benzene rings is 1. The van der Waals surface area contributed by atoms with E-state index in [0.29, 0.717) is 24.8 Å². The van der Waals surface area contributed by atoms with Gasteiger partial charge in [0, 0.05) is 49.1 Å². The molecule has 2 atom stereocenters. The minimum absolute atomic E-state index is 0.211. The van der Waals surface area contributed by atoms with Gasteiger partial charge in [0.15, 0.2) is 0 Å². The van der Waals surface area contributed by atoms with Crippen molar-refractivity contribution < 1.29 is 4.79 Å². The van der Waals surface area contributed by atoms with Crippen LogP contribution in [0.25, 0.3) is 10.9 Å². The summed E-state index contributed by atoms with van der Waals surface area (Å²) >= 11 is 0. The topological polar surface area (TPSA) is 85.2 Å². The Morgan fingerprint density at radius 1 is 1.31 bits per heavy atom. The highest BCUT2D eigenvalue weighted by Gasteiger charge is 2.42. The summed E-state index contributed by atoms with van der Waals surface area (Å²) in [4.78, 5) is 19.4. The summed E-state index contributed by atoms with van der Waals surface area (Å²) in [5, 5.41) is 1.17. The summed E-state index contributed by atoms with van der Waals surface area (Å²) in [5.74, 6) is 1.02. The molecule has 2 aromatic rings. The Bertz CT molecular complexity index is 830. The number of nitrogens with zero attached hydrogens (tertiary/aromatic N) is 2. The van der Waals surface area contributed by atoms with E-state index >= 15 is 0 Å². The molecule has 4 rings (SSSR count). The molecule has 26 heavy (non-hydrogen) atoms. The number of pyridine rings is 1. The molecule has 0 unspecified atom stereocenters. The summed E-state index contributed by atoms with van der Waals surface area (Å²) in [7, 11) is 0. The number of likely N-dealkylation sites (tertiary alicyclic amines) is 1. The number of nitrogens with two attached hydrogens (primary N) is 2. The third-order valence-electron chi connectivity index (χ3n) is 5.95. The molecule has 1 aromatic carbocycles. The fourth-order valence-electron chi connectivity index (χ4n) is 4.30. The zero-order valence-corrected chi connectivity index (χ0v) is 15.4. The number of carbonyl (C=O) groups excluding carboxylic acids is 1. The zero-order valence-electron chi connectivity index (χ0n) is 15.4. The lowest BCUT2D eigenvalue weighted by Gasteiger charge is -2.37. The van der Waals surface area contributed by atoms with Crippen LogP contribution in [0.15, 0.2) is 30.5 Å². The van der Waals surface area contributed by atoms with E-state index in [1.807, 2.05) is 17.2 Å². The fourth-order valence-corrected chi connectivity index (χ4v) is 4.30. The van der Waals surface area contributed by atoms with E-state index in [0.717, 1.165) is 43.4 Å². The molecule has 138 valence electrons. The van der Waals surface area contributed by atoms with E-state index in [4.69, 9.17) is 11.5 Å². The van der Waals surface area contributed by atoms with E-state index < -0.39 is 0 Å². The number of hydrogen-bond acceptors (Lipinski definition) is 4. The summed E-state index contributed by atoms with van der Waals surface area (Å²) in [5.41, 5.74) is 15.2. The number of hydrogen-bond donors (Lipinski definition) is 2. The monoisotopic (exact) mass is 352 g/mol. The summed E-state index contributed by atoms with van der Waals surface area (Å²) < 4.78 is 0. The number of fused-ring (bicyclic) bond motifs is 1. The minimum Gasteiger partial charge on any atom is -0.342 e. The molecule has 5 nitrogen and oxygen atoms in total. The highest BCUT2D eigenvalue weighted by Crippen LogP contribution is 2.38. The first-order chi connectivity index (χ1) is 12.5. The molecule has 5 heteroatoms. The lowest BCUT2D eigenvalue weighted by Crippen LogP contribution is -2.44. The van der Waals surface area contributed by atoms with Crippen molar-refractivity contribution in [3.63, 3.8) is 0 Å². The second-order valence-corrected chi connectivity index (χ2v) is 8.29. The average molecular weight is 352 g/mol. The zero-order chi connectivity index (χ0) is 18.3. The van der Waals surface area contributed by atoms with E-state index in [-0.39, 0.29) is 11.4 Å². The van der Waals surface area contributed by atoms with Gasteiger partial charge in [-0.2, -0.15) is 0 Å². The minimum atomic E-state index is -0.230. The van der Waals surface area contributed by atoms with Crippen LogP contribution in [0.5, 0.6) is 0 Å². The Hall–Kier alpha value is -1.98. The van der Waals surface area contributed by atoms with Gasteiger partial charge in [0.2, 0.25) is 5.91 Å². The molecule has 1 saturated carbocycles. The lowest BCUT2D eigenvalue weighted by molar-refractivity contribution is -0.133. The summed E-state index contributed by atoms with van der Waals surface area (Å²) in [6.07, 6.45) is 5.34. The normalized spacial score (nSPS) is 24.7. The predicted octanol–water partition coefficient (Wildman–Crippen LogP) is 2.53. The van der Waals surface area contributed by atoms with Gasteiger partial charge in [0.05, 0.1) is 5.52 Å². The first kappa shape index (κ1) is 17.4. The quantitative estimate of drug-likeness (QED) is 0.885. The molecule has 1 amide bonds. The highest BCUT2D eigenvalue weighted by atomic mass is 16.2. The van der Waals surface area contributed by atoms with Crippen molar-refractivity contribution in [2.45, 2.75) is 50.6 Å². The van der Waals surface area contributed by atoms with Crippen molar-refractivity contribution in [2.24, 2.45) is 17.4 Å². The van der Waals surface area contributed by atoms with Crippen LogP contribution >= 0.6 is 0 Å². The first-order valence-electron chi connectivity index (χ1n) is 9.62. The van der Waals surface area contributed by atoms with Gasteiger partial charge >= 0.3 is 0 Å². The second-order valence-electron chi connectivity index (χ2n) is 8.29. The molecule has 4 N–H and O–H groups in total. The maximum Gasteiger partial charge on any atom is 0.224 e. The average Bonchev–Trinajstić information content (AvgIpc) is 3.36. The van der Waals surface area contributed by atoms with Gasteiger partial charge in [0.25, 0.3) is 0 Å². The van der Waals surface area contributed by atoms with Crippen LogP contribution < -0.4 is 11.5 Å². The van der Waals surface area contributed by atoms with E-state index in [9.17, 15) is 4.79 Å². The molecule has 0 radical (unpaired) electrons. The SMILES string of the molecule is C[C@H]1C[C@H](c2ccc(CN)c3ncccc23)CN(C(=O)CC2(N)CC2)C1. The Morgan fingerprint density at radius 3 is 2.85 bits per heavy atom. The molecule has 2 aliphatic rings. The van der Waals surface area contributed by atoms with Crippen LogP contribution in [-0.4, -0.2) is 34.4 Å². The van der Waals surface area contributed by atoms with Crippen LogP contribution in [0.2, 0.25) is 0 Å². The molecule has 1 aromatic heterocycles. The lowest BCUT2D eigenvalue weighted by atomic mass is 9.83. The maximum absolute atomic E-state index is 12.8. The fraction of sp³-hybridized carbons (Fsp3) is 0.524. The molecular weight excluding hydrogens is 324 g/mol. The second kappa shape index (κ2) is 6.63. The van der Waals surface area contributed by atoms with E-state index in [1.165, 1.54) is 10.9 Å². The third kappa shape index (κ3) is 3.33. The van der Waals surface area contributed by atoms with Crippen molar-refractivity contribution in [2.75, 3.05) is 13.1 Å². The third-order valence-corrected chi connectivity index (χ3v) is 5.95. The number of piperidine rings is 1. The highest BCUT2D eigenvalue weighted by molar-refractivity contribution is 5.86. The first-order valence-corrected chi connectivity index (χ1v) is 9.62. The van der Waals surface area contributed by atoms with Crippen LogP contribution in [0.1, 0.15) is 49.7 Å². The van der Waals surface area contributed by atoms with Crippen molar-refractivity contribution in [3.8, 4) is 0 Å². The van der Waals surface area contributed by atoms with Gasteiger partial charge in [-0.3, -0.25) is 9.78 Å². The van der Waals surface area contributed by atoms with E-state index in [2.05, 4.69) is 30.1 Å². The number of carbonyl (C=O) groups is 1. The molecule has 0 bridgehead atoms. The van der Waals surface area contributed by atoms with Gasteiger partial charge in [-0.25, -0.2) is 0 Å². The largest absolute Gasteiger partial charge is 0.342 e. The van der Waals surface area contributed by atoms with Crippen molar-refractivity contribution >= 4 is 16.8 Å². The predicted molar refractivity (Wildman–Crippen MR) is 104 cm³/mol. The Kier molecular flexibility index (Phi) is 4.45. The van der Waals surface area contributed by atoms with Crippen LogP contribution in [-0.2, 0) is 11.3 Å². The molecule has 2 heterocycles. The van der Waals surface area contributed by atoms with Gasteiger partial charge < -0.3 is 16.4 Å². The van der Waals surface area contributed by atoms with Crippen molar-refractivity contribution in [3.05, 3.63) is 41.6 Å². The van der Waals surface area contributed by atoms with Crippen LogP contribution in [0.4, 0.5) is 0 Å². The van der Waals surface area contributed by atoms with Crippen molar-refractivity contribution in [1.82, 2.24) is 9.88 Å². The number of amides is 1. The van der Waals surface area contributed by atoms with Crippen LogP contribution in [0.3, 0.4) is 0 Å². The Labute approximate surface area is 154 Å². The standard InChI is InChI=1S/C21H28N4O/c1-14-9-16(13-25(12-14)19(26)10-21(23)6-7-21)17-5-4-15(11-22)20-18(17)3-2-8-24-20/h2-5,8,14,16H,6-7,9-13,22-23H2,1H3/t14-,16-/m0/s1. The number of aromatic nitrogens is 1. The maximum atomic E-state index is 12.8. The van der Waals surface area contributed by atoms with Gasteiger partial charge in [-0.05, 0) is 42.4 Å². The summed E-state index contributed by atoms with van der Waals surface area (Å²) in [6, 6.07) is 8.38.